The molecule has 0 aliphatic carbocycles. The molecule has 80 valence electrons. The lowest BCUT2D eigenvalue weighted by atomic mass is 10.1. The molecule has 1 aromatic rings. The Labute approximate surface area is 87.8 Å². The van der Waals surface area contributed by atoms with Crippen LogP contribution in [-0.2, 0) is 4.79 Å². The maximum absolute atomic E-state index is 10.8. The zero-order chi connectivity index (χ0) is 10.8. The number of carboxylic acid groups (broad SMARTS) is 1. The molecule has 1 atom stereocenters. The van der Waals surface area contributed by atoms with Crippen LogP contribution in [0.1, 0.15) is 12.0 Å². The van der Waals surface area contributed by atoms with Crippen LogP contribution in [0, 0.1) is 12.8 Å². The number of hydrogen-bond donors (Lipinski definition) is 1. The minimum Gasteiger partial charge on any atom is -0.481 e. The van der Waals surface area contributed by atoms with Gasteiger partial charge in [-0.25, -0.2) is 9.97 Å². The molecule has 0 aromatic carbocycles. The van der Waals surface area contributed by atoms with Crippen LogP contribution in [0.5, 0.6) is 0 Å². The first-order chi connectivity index (χ1) is 7.16. The molecule has 1 saturated heterocycles. The number of nitrogens with zero attached hydrogens (tertiary/aromatic N) is 3. The van der Waals surface area contributed by atoms with Crippen molar-refractivity contribution in [2.75, 3.05) is 18.0 Å². The molecule has 1 fully saturated rings. The normalized spacial score (nSPS) is 20.6. The Morgan fingerprint density at radius 1 is 1.53 bits per heavy atom. The Morgan fingerprint density at radius 3 is 2.73 bits per heavy atom. The lowest BCUT2D eigenvalue weighted by Gasteiger charge is -2.14. The second-order valence-electron chi connectivity index (χ2n) is 3.83. The molecule has 0 saturated carbocycles. The predicted octanol–water partition coefficient (Wildman–Crippen LogP) is 0.696. The molecule has 0 radical (unpaired) electrons. The third-order valence-corrected chi connectivity index (χ3v) is 2.59. The molecular weight excluding hydrogens is 194 g/mol. The summed E-state index contributed by atoms with van der Waals surface area (Å²) in [6, 6.07) is 0. The van der Waals surface area contributed by atoms with E-state index >= 15 is 0 Å². The van der Waals surface area contributed by atoms with Crippen LogP contribution in [-0.4, -0.2) is 34.1 Å². The van der Waals surface area contributed by atoms with Gasteiger partial charge in [0.25, 0.3) is 0 Å². The molecule has 1 aliphatic heterocycles. The van der Waals surface area contributed by atoms with Crippen molar-refractivity contribution in [1.82, 2.24) is 9.97 Å². The van der Waals surface area contributed by atoms with Crippen LogP contribution < -0.4 is 4.90 Å². The van der Waals surface area contributed by atoms with Crippen LogP contribution >= 0.6 is 0 Å². The number of aromatic nitrogens is 2. The minimum atomic E-state index is -0.732. The van der Waals surface area contributed by atoms with Crippen LogP contribution in [0.25, 0.3) is 0 Å². The van der Waals surface area contributed by atoms with E-state index in [0.29, 0.717) is 18.9 Å². The molecular formula is C10H13N3O2. The summed E-state index contributed by atoms with van der Waals surface area (Å²) in [5, 5.41) is 8.85. The van der Waals surface area contributed by atoms with Crippen molar-refractivity contribution < 1.29 is 9.90 Å². The Bertz CT molecular complexity index is 363. The van der Waals surface area contributed by atoms with Gasteiger partial charge in [0.1, 0.15) is 0 Å². The zero-order valence-corrected chi connectivity index (χ0v) is 8.55. The predicted molar refractivity (Wildman–Crippen MR) is 54.7 cm³/mol. The van der Waals surface area contributed by atoms with Gasteiger partial charge in [-0.1, -0.05) is 0 Å². The van der Waals surface area contributed by atoms with E-state index in [4.69, 9.17) is 5.11 Å². The zero-order valence-electron chi connectivity index (χ0n) is 8.55. The highest BCUT2D eigenvalue weighted by atomic mass is 16.4. The average Bonchev–Trinajstić information content (AvgIpc) is 2.68. The van der Waals surface area contributed by atoms with Gasteiger partial charge in [-0.05, 0) is 18.9 Å². The second kappa shape index (κ2) is 3.84. The fourth-order valence-corrected chi connectivity index (χ4v) is 1.69. The molecule has 0 amide bonds. The third-order valence-electron chi connectivity index (χ3n) is 2.59. The molecule has 0 spiro atoms. The number of carboxylic acids is 1. The molecule has 5 heteroatoms. The molecule has 1 aromatic heterocycles. The largest absolute Gasteiger partial charge is 0.481 e. The standard InChI is InChI=1S/C10H13N3O2/c1-7-4-11-10(12-5-7)13-3-2-8(6-13)9(14)15/h4-5,8H,2-3,6H2,1H3,(H,14,15). The van der Waals surface area contributed by atoms with E-state index in [0.717, 1.165) is 12.1 Å². The first kappa shape index (κ1) is 9.89. The molecule has 2 rings (SSSR count). The van der Waals surface area contributed by atoms with Crippen molar-refractivity contribution in [1.29, 1.82) is 0 Å². The summed E-state index contributed by atoms with van der Waals surface area (Å²) in [6.07, 6.45) is 4.17. The SMILES string of the molecule is Cc1cnc(N2CCC(C(=O)O)C2)nc1. The van der Waals surface area contributed by atoms with Crippen LogP contribution in [0.4, 0.5) is 5.95 Å². The Balaban J connectivity index is 2.07. The monoisotopic (exact) mass is 207 g/mol. The summed E-state index contributed by atoms with van der Waals surface area (Å²) in [7, 11) is 0. The van der Waals surface area contributed by atoms with E-state index in [1.54, 1.807) is 12.4 Å². The molecule has 2 heterocycles. The molecule has 0 bridgehead atoms. The molecule has 5 nitrogen and oxygen atoms in total. The Morgan fingerprint density at radius 2 is 2.20 bits per heavy atom. The topological polar surface area (TPSA) is 66.3 Å². The molecule has 1 N–H and O–H groups in total. The van der Waals surface area contributed by atoms with Crippen molar-refractivity contribution in [3.8, 4) is 0 Å². The first-order valence-corrected chi connectivity index (χ1v) is 4.93. The van der Waals surface area contributed by atoms with Gasteiger partial charge in [-0.15, -0.1) is 0 Å². The van der Waals surface area contributed by atoms with Crippen LogP contribution in [0.2, 0.25) is 0 Å². The van der Waals surface area contributed by atoms with Crippen molar-refractivity contribution in [3.63, 3.8) is 0 Å². The van der Waals surface area contributed by atoms with Crippen LogP contribution in [0.3, 0.4) is 0 Å². The van der Waals surface area contributed by atoms with Gasteiger partial charge in [-0.3, -0.25) is 4.79 Å². The van der Waals surface area contributed by atoms with Crippen molar-refractivity contribution in [2.45, 2.75) is 13.3 Å². The first-order valence-electron chi connectivity index (χ1n) is 4.93. The van der Waals surface area contributed by atoms with E-state index in [-0.39, 0.29) is 5.92 Å². The fourth-order valence-electron chi connectivity index (χ4n) is 1.69. The third kappa shape index (κ3) is 2.06. The fraction of sp³-hybridized carbons (Fsp3) is 0.500. The smallest absolute Gasteiger partial charge is 0.308 e. The quantitative estimate of drug-likeness (QED) is 0.773. The number of aliphatic carboxylic acids is 1. The number of rotatable bonds is 2. The number of aryl methyl sites for hydroxylation is 1. The number of carbonyl (C=O) groups is 1. The summed E-state index contributed by atoms with van der Waals surface area (Å²) in [5.74, 6) is -0.385. The van der Waals surface area contributed by atoms with Crippen molar-refractivity contribution in [3.05, 3.63) is 18.0 Å². The van der Waals surface area contributed by atoms with Gasteiger partial charge in [0.15, 0.2) is 0 Å². The van der Waals surface area contributed by atoms with Gasteiger partial charge in [0.05, 0.1) is 5.92 Å². The second-order valence-corrected chi connectivity index (χ2v) is 3.83. The van der Waals surface area contributed by atoms with Crippen molar-refractivity contribution in [2.24, 2.45) is 5.92 Å². The minimum absolute atomic E-state index is 0.282. The highest BCUT2D eigenvalue weighted by Crippen LogP contribution is 2.20. The van der Waals surface area contributed by atoms with Gasteiger partial charge < -0.3 is 10.0 Å². The van der Waals surface area contributed by atoms with E-state index in [1.807, 2.05) is 11.8 Å². The highest BCUT2D eigenvalue weighted by Gasteiger charge is 2.29. The molecule has 1 aliphatic rings. The highest BCUT2D eigenvalue weighted by molar-refractivity contribution is 5.71. The lowest BCUT2D eigenvalue weighted by Crippen LogP contribution is -2.24. The average molecular weight is 207 g/mol. The van der Waals surface area contributed by atoms with E-state index in [9.17, 15) is 4.79 Å². The molecule has 15 heavy (non-hydrogen) atoms. The van der Waals surface area contributed by atoms with Gasteiger partial charge >= 0.3 is 5.97 Å². The summed E-state index contributed by atoms with van der Waals surface area (Å²) in [5.41, 5.74) is 1.01. The number of hydrogen-bond acceptors (Lipinski definition) is 4. The molecule has 1 unspecified atom stereocenters. The Hall–Kier alpha value is -1.65. The van der Waals surface area contributed by atoms with E-state index in [1.165, 1.54) is 0 Å². The summed E-state index contributed by atoms with van der Waals surface area (Å²) in [6.45, 7) is 3.16. The maximum atomic E-state index is 10.8. The Kier molecular flexibility index (Phi) is 2.53. The summed E-state index contributed by atoms with van der Waals surface area (Å²) < 4.78 is 0. The summed E-state index contributed by atoms with van der Waals surface area (Å²) in [4.78, 5) is 21.0. The summed E-state index contributed by atoms with van der Waals surface area (Å²) >= 11 is 0. The van der Waals surface area contributed by atoms with Gasteiger partial charge in [0.2, 0.25) is 5.95 Å². The van der Waals surface area contributed by atoms with Crippen molar-refractivity contribution >= 4 is 11.9 Å². The van der Waals surface area contributed by atoms with E-state index < -0.39 is 5.97 Å². The number of anilines is 1. The van der Waals surface area contributed by atoms with Gasteiger partial charge in [0, 0.05) is 25.5 Å². The maximum Gasteiger partial charge on any atom is 0.308 e. The lowest BCUT2D eigenvalue weighted by molar-refractivity contribution is -0.140. The van der Waals surface area contributed by atoms with E-state index in [2.05, 4.69) is 9.97 Å². The van der Waals surface area contributed by atoms with Crippen LogP contribution in [0.15, 0.2) is 12.4 Å². The van der Waals surface area contributed by atoms with Gasteiger partial charge in [-0.2, -0.15) is 0 Å².